The monoisotopic (exact) mass is 508 g/mol. The van der Waals surface area contributed by atoms with Gasteiger partial charge in [-0.2, -0.15) is 0 Å². The molecule has 0 bridgehead atoms. The predicted octanol–water partition coefficient (Wildman–Crippen LogP) is 0.733. The fraction of sp³-hybridized carbons (Fsp3) is 0.542. The Morgan fingerprint density at radius 2 is 1.86 bits per heavy atom. The van der Waals surface area contributed by atoms with Crippen molar-refractivity contribution < 1.29 is 24.0 Å². The third-order valence-corrected chi connectivity index (χ3v) is 7.68. The van der Waals surface area contributed by atoms with E-state index in [1.807, 2.05) is 0 Å². The molecule has 2 N–H and O–H groups in total. The molecule has 1 unspecified atom stereocenters. The lowest BCUT2D eigenvalue weighted by atomic mass is 9.94. The van der Waals surface area contributed by atoms with E-state index in [0.29, 0.717) is 37.3 Å². The number of rotatable bonds is 7. The molecule has 194 valence electrons. The summed E-state index contributed by atoms with van der Waals surface area (Å²) in [5.74, 6) is -1.98. The maximum atomic E-state index is 13.2. The molecule has 1 aromatic rings. The Morgan fingerprint density at radius 1 is 1.11 bits per heavy atom. The van der Waals surface area contributed by atoms with Crippen LogP contribution in [0.1, 0.15) is 46.4 Å². The summed E-state index contributed by atoms with van der Waals surface area (Å²) < 4.78 is 0. The highest BCUT2D eigenvalue weighted by Crippen LogP contribution is 2.32. The van der Waals surface area contributed by atoms with Crippen molar-refractivity contribution in [1.82, 2.24) is 20.0 Å². The number of likely N-dealkylation sites (tertiary alicyclic amines) is 2. The topological polar surface area (TPSA) is 168 Å². The van der Waals surface area contributed by atoms with Gasteiger partial charge in [0.05, 0.1) is 17.7 Å². The van der Waals surface area contributed by atoms with Gasteiger partial charge in [0.25, 0.3) is 11.8 Å². The van der Waals surface area contributed by atoms with Gasteiger partial charge >= 0.3 is 0 Å². The molecule has 5 rings (SSSR count). The first-order chi connectivity index (χ1) is 17.9. The Labute approximate surface area is 212 Å². The molecule has 4 aliphatic heterocycles. The van der Waals surface area contributed by atoms with Gasteiger partial charge in [-0.15, -0.1) is 0 Å². The number of carbonyl (C=O) groups is 5. The van der Waals surface area contributed by atoms with Gasteiger partial charge in [-0.1, -0.05) is 11.2 Å². The Morgan fingerprint density at radius 3 is 2.57 bits per heavy atom. The van der Waals surface area contributed by atoms with Crippen LogP contribution in [-0.4, -0.2) is 95.6 Å². The molecule has 0 radical (unpaired) electrons. The first-order valence-electron chi connectivity index (χ1n) is 12.5. The lowest BCUT2D eigenvalue weighted by Gasteiger charge is -2.47. The van der Waals surface area contributed by atoms with Crippen LogP contribution in [0, 0.1) is 5.92 Å². The second-order valence-electron chi connectivity index (χ2n) is 9.87. The summed E-state index contributed by atoms with van der Waals surface area (Å²) in [5.41, 5.74) is 9.14. The minimum atomic E-state index is -1.04. The maximum absolute atomic E-state index is 13.2. The molecule has 0 aromatic heterocycles. The molecule has 0 aliphatic carbocycles. The molecule has 0 spiro atoms. The van der Waals surface area contributed by atoms with E-state index in [1.165, 1.54) is 6.07 Å². The van der Waals surface area contributed by atoms with E-state index in [9.17, 15) is 24.0 Å². The van der Waals surface area contributed by atoms with E-state index in [0.717, 1.165) is 30.8 Å². The average molecular weight is 509 g/mol. The molecule has 4 heterocycles. The van der Waals surface area contributed by atoms with Crippen LogP contribution >= 0.6 is 0 Å². The second kappa shape index (κ2) is 10.2. The minimum Gasteiger partial charge on any atom is -0.375 e. The van der Waals surface area contributed by atoms with Crippen LogP contribution in [0.15, 0.2) is 23.3 Å². The highest BCUT2D eigenvalue weighted by molar-refractivity contribution is 6.25. The molecule has 1 atom stereocenters. The van der Waals surface area contributed by atoms with Gasteiger partial charge in [0, 0.05) is 42.7 Å². The SMILES string of the molecule is [N-]=[N+]=NCC1CCN(C2CN(C(=O)CNc3cccc4c3C(=O)N(C3CCC(=O)NC3=O)C4=O)C2)CC1. The number of azide groups is 1. The number of hydrogen-bond donors (Lipinski definition) is 2. The van der Waals surface area contributed by atoms with Crippen LogP contribution in [0.5, 0.6) is 0 Å². The number of nitrogens with zero attached hydrogens (tertiary/aromatic N) is 6. The van der Waals surface area contributed by atoms with Gasteiger partial charge in [0.1, 0.15) is 6.04 Å². The molecule has 3 fully saturated rings. The fourth-order valence-corrected chi connectivity index (χ4v) is 5.49. The highest BCUT2D eigenvalue weighted by atomic mass is 16.2. The molecule has 4 aliphatic rings. The summed E-state index contributed by atoms with van der Waals surface area (Å²) in [6.07, 6.45) is 2.09. The standard InChI is InChI=1S/C24H28N8O5/c25-29-27-10-14-6-8-30(9-7-14)15-12-31(13-15)20(34)11-26-17-3-1-2-16-21(17)24(37)32(23(16)36)18-4-5-19(33)28-22(18)35/h1-3,14-15,18,26H,4-13H2,(H,28,33,35). The molecule has 1 aromatic carbocycles. The van der Waals surface area contributed by atoms with Crippen LogP contribution in [-0.2, 0) is 14.4 Å². The third kappa shape index (κ3) is 4.75. The lowest BCUT2D eigenvalue weighted by Crippen LogP contribution is -2.63. The summed E-state index contributed by atoms with van der Waals surface area (Å²) in [6.45, 7) is 3.62. The summed E-state index contributed by atoms with van der Waals surface area (Å²) in [4.78, 5) is 70.6. The number of piperidine rings is 2. The number of amides is 5. The number of imide groups is 2. The lowest BCUT2D eigenvalue weighted by molar-refractivity contribution is -0.137. The van der Waals surface area contributed by atoms with Crippen molar-refractivity contribution in [3.63, 3.8) is 0 Å². The van der Waals surface area contributed by atoms with E-state index in [1.54, 1.807) is 17.0 Å². The van der Waals surface area contributed by atoms with Gasteiger partial charge < -0.3 is 10.2 Å². The van der Waals surface area contributed by atoms with E-state index >= 15 is 0 Å². The first kappa shape index (κ1) is 24.7. The normalized spacial score (nSPS) is 22.9. The molecule has 13 nitrogen and oxygen atoms in total. The van der Waals surface area contributed by atoms with Crippen molar-refractivity contribution in [2.24, 2.45) is 11.0 Å². The van der Waals surface area contributed by atoms with Gasteiger partial charge in [-0.3, -0.25) is 39.1 Å². The van der Waals surface area contributed by atoms with Crippen LogP contribution in [0.2, 0.25) is 0 Å². The zero-order valence-corrected chi connectivity index (χ0v) is 20.3. The number of fused-ring (bicyclic) bond motifs is 1. The van der Waals surface area contributed by atoms with Crippen LogP contribution in [0.3, 0.4) is 0 Å². The van der Waals surface area contributed by atoms with E-state index in [2.05, 4.69) is 25.6 Å². The molecule has 3 saturated heterocycles. The number of anilines is 1. The number of nitrogens with one attached hydrogen (secondary N) is 2. The van der Waals surface area contributed by atoms with Gasteiger partial charge in [-0.25, -0.2) is 0 Å². The Bertz CT molecular complexity index is 1200. The summed E-state index contributed by atoms with van der Waals surface area (Å²) in [5, 5.41) is 8.86. The van der Waals surface area contributed by atoms with Crippen molar-refractivity contribution in [1.29, 1.82) is 0 Å². The van der Waals surface area contributed by atoms with Crippen LogP contribution in [0.4, 0.5) is 5.69 Å². The number of carbonyl (C=O) groups excluding carboxylic acids is 5. The second-order valence-corrected chi connectivity index (χ2v) is 9.87. The van der Waals surface area contributed by atoms with Crippen LogP contribution < -0.4 is 10.6 Å². The highest BCUT2D eigenvalue weighted by Gasteiger charge is 2.45. The molecule has 37 heavy (non-hydrogen) atoms. The number of hydrogen-bond acceptors (Lipinski definition) is 8. The molecule has 0 saturated carbocycles. The van der Waals surface area contributed by atoms with Gasteiger partial charge in [-0.05, 0) is 55.9 Å². The average Bonchev–Trinajstić information content (AvgIpc) is 3.11. The smallest absolute Gasteiger partial charge is 0.264 e. The first-order valence-corrected chi connectivity index (χ1v) is 12.5. The minimum absolute atomic E-state index is 0.0305. The largest absolute Gasteiger partial charge is 0.375 e. The molecular weight excluding hydrogens is 480 g/mol. The predicted molar refractivity (Wildman–Crippen MR) is 130 cm³/mol. The van der Waals surface area contributed by atoms with Crippen molar-refractivity contribution >= 4 is 35.2 Å². The van der Waals surface area contributed by atoms with E-state index in [-0.39, 0.29) is 36.4 Å². The van der Waals surface area contributed by atoms with E-state index < -0.39 is 29.7 Å². The Hall–Kier alpha value is -3.96. The Balaban J connectivity index is 1.15. The van der Waals surface area contributed by atoms with Crippen molar-refractivity contribution in [2.45, 2.75) is 37.8 Å². The molecule has 13 heteroatoms. The molecule has 5 amide bonds. The summed E-state index contributed by atoms with van der Waals surface area (Å²) in [6, 6.07) is 4.04. The van der Waals surface area contributed by atoms with Gasteiger partial charge in [0.2, 0.25) is 17.7 Å². The molecular formula is C24H28N8O5. The zero-order valence-electron chi connectivity index (χ0n) is 20.3. The zero-order chi connectivity index (χ0) is 26.1. The summed E-state index contributed by atoms with van der Waals surface area (Å²) in [7, 11) is 0. The van der Waals surface area contributed by atoms with Crippen molar-refractivity contribution in [3.8, 4) is 0 Å². The fourth-order valence-electron chi connectivity index (χ4n) is 5.49. The Kier molecular flexibility index (Phi) is 6.81. The quantitative estimate of drug-likeness (QED) is 0.237. The summed E-state index contributed by atoms with van der Waals surface area (Å²) >= 11 is 0. The third-order valence-electron chi connectivity index (χ3n) is 7.68. The van der Waals surface area contributed by atoms with Gasteiger partial charge in [0.15, 0.2) is 0 Å². The maximum Gasteiger partial charge on any atom is 0.264 e. The number of benzene rings is 1. The van der Waals surface area contributed by atoms with Crippen molar-refractivity contribution in [3.05, 3.63) is 39.8 Å². The van der Waals surface area contributed by atoms with Crippen molar-refractivity contribution in [2.75, 3.05) is 44.6 Å². The van der Waals surface area contributed by atoms with E-state index in [4.69, 9.17) is 5.53 Å². The van der Waals surface area contributed by atoms with Crippen LogP contribution in [0.25, 0.3) is 10.4 Å².